The molecule has 1 heterocycles. The number of nitrogens with zero attached hydrogens (tertiary/aromatic N) is 1. The van der Waals surface area contributed by atoms with Gasteiger partial charge in [-0.2, -0.15) is 0 Å². The van der Waals surface area contributed by atoms with Crippen LogP contribution in [0.2, 0.25) is 0 Å². The Morgan fingerprint density at radius 1 is 1.36 bits per heavy atom. The summed E-state index contributed by atoms with van der Waals surface area (Å²) < 4.78 is 25.5. The van der Waals surface area contributed by atoms with Gasteiger partial charge in [0.25, 0.3) is 5.91 Å². The summed E-state index contributed by atoms with van der Waals surface area (Å²) >= 11 is 0. The van der Waals surface area contributed by atoms with E-state index < -0.39 is 10.0 Å². The van der Waals surface area contributed by atoms with Crippen molar-refractivity contribution >= 4 is 28.3 Å². The molecule has 1 saturated heterocycles. The zero-order valence-electron chi connectivity index (χ0n) is 12.7. The molecule has 1 aromatic carbocycles. The maximum absolute atomic E-state index is 12.5. The predicted octanol–water partition coefficient (Wildman–Crippen LogP) is 0.826. The molecule has 1 aromatic rings. The number of hydrogen-bond acceptors (Lipinski definition) is 4. The summed E-state index contributed by atoms with van der Waals surface area (Å²) in [6, 6.07) is 6.15. The third kappa shape index (κ3) is 3.78. The van der Waals surface area contributed by atoms with Crippen molar-refractivity contribution in [1.82, 2.24) is 9.62 Å². The fourth-order valence-electron chi connectivity index (χ4n) is 2.66. The van der Waals surface area contributed by atoms with Gasteiger partial charge >= 0.3 is 0 Å². The second-order valence-electron chi connectivity index (χ2n) is 5.38. The second-order valence-corrected chi connectivity index (χ2v) is 7.26. The number of nitrogens with two attached hydrogens (primary N) is 1. The van der Waals surface area contributed by atoms with E-state index in [0.29, 0.717) is 24.6 Å². The van der Waals surface area contributed by atoms with E-state index in [4.69, 9.17) is 5.73 Å². The molecule has 22 heavy (non-hydrogen) atoms. The van der Waals surface area contributed by atoms with Crippen molar-refractivity contribution in [3.05, 3.63) is 29.8 Å². The van der Waals surface area contributed by atoms with Crippen LogP contribution in [0.15, 0.2) is 29.2 Å². The van der Waals surface area contributed by atoms with Crippen LogP contribution in [0.4, 0.5) is 0 Å². The van der Waals surface area contributed by atoms with Gasteiger partial charge in [-0.1, -0.05) is 0 Å². The Kier molecular flexibility index (Phi) is 6.37. The molecule has 2 atom stereocenters. The molecule has 2 unspecified atom stereocenters. The molecule has 1 fully saturated rings. The Balaban J connectivity index is 0.00000242. The monoisotopic (exact) mass is 347 g/mol. The van der Waals surface area contributed by atoms with Crippen LogP contribution in [-0.4, -0.2) is 45.4 Å². The van der Waals surface area contributed by atoms with E-state index >= 15 is 0 Å². The molecule has 1 aliphatic heterocycles. The predicted molar refractivity (Wildman–Crippen MR) is 87.6 cm³/mol. The molecule has 2 rings (SSSR count). The summed E-state index contributed by atoms with van der Waals surface area (Å²) in [7, 11) is -2.12. The Morgan fingerprint density at radius 3 is 2.41 bits per heavy atom. The van der Waals surface area contributed by atoms with Gasteiger partial charge in [-0.05, 0) is 57.1 Å². The molecule has 6 nitrogen and oxygen atoms in total. The fourth-order valence-corrected chi connectivity index (χ4v) is 3.39. The van der Waals surface area contributed by atoms with Crippen molar-refractivity contribution in [3.8, 4) is 0 Å². The normalized spacial score (nSPS) is 21.5. The highest BCUT2D eigenvalue weighted by Crippen LogP contribution is 2.24. The van der Waals surface area contributed by atoms with Gasteiger partial charge in [-0.15, -0.1) is 12.4 Å². The van der Waals surface area contributed by atoms with Gasteiger partial charge in [0.15, 0.2) is 0 Å². The maximum Gasteiger partial charge on any atom is 0.254 e. The highest BCUT2D eigenvalue weighted by atomic mass is 35.5. The lowest BCUT2D eigenvalue weighted by Crippen LogP contribution is -2.34. The molecule has 0 saturated carbocycles. The van der Waals surface area contributed by atoms with Crippen LogP contribution < -0.4 is 10.5 Å². The number of likely N-dealkylation sites (tertiary alicyclic amines) is 1. The van der Waals surface area contributed by atoms with E-state index in [1.165, 1.54) is 19.2 Å². The number of benzene rings is 1. The minimum atomic E-state index is -3.47. The van der Waals surface area contributed by atoms with Crippen molar-refractivity contribution < 1.29 is 13.2 Å². The zero-order chi connectivity index (χ0) is 15.6. The first-order chi connectivity index (χ1) is 9.89. The topological polar surface area (TPSA) is 92.5 Å². The van der Waals surface area contributed by atoms with Gasteiger partial charge in [0.2, 0.25) is 10.0 Å². The molecule has 3 N–H and O–H groups in total. The van der Waals surface area contributed by atoms with Gasteiger partial charge in [0, 0.05) is 18.2 Å². The van der Waals surface area contributed by atoms with Crippen LogP contribution in [0, 0.1) is 5.92 Å². The number of hydrogen-bond donors (Lipinski definition) is 2. The number of carbonyl (C=O) groups is 1. The lowest BCUT2D eigenvalue weighted by atomic mass is 10.1. The van der Waals surface area contributed by atoms with Gasteiger partial charge in [0.1, 0.15) is 0 Å². The van der Waals surface area contributed by atoms with Crippen LogP contribution in [0.1, 0.15) is 23.7 Å². The Morgan fingerprint density at radius 2 is 1.95 bits per heavy atom. The van der Waals surface area contributed by atoms with Gasteiger partial charge in [0.05, 0.1) is 4.90 Å². The number of rotatable bonds is 4. The van der Waals surface area contributed by atoms with Crippen LogP contribution in [-0.2, 0) is 10.0 Å². The zero-order valence-corrected chi connectivity index (χ0v) is 14.3. The number of nitrogens with one attached hydrogen (secondary N) is 1. The molecule has 1 amide bonds. The summed E-state index contributed by atoms with van der Waals surface area (Å²) in [5, 5.41) is 0. The summed E-state index contributed by atoms with van der Waals surface area (Å²) in [4.78, 5) is 14.4. The van der Waals surface area contributed by atoms with Gasteiger partial charge in [-0.3, -0.25) is 4.79 Å². The molecule has 0 aliphatic carbocycles. The summed E-state index contributed by atoms with van der Waals surface area (Å²) in [6.07, 6.45) is 0.911. The molecule has 1 aliphatic rings. The van der Waals surface area contributed by atoms with Crippen molar-refractivity contribution in [3.63, 3.8) is 0 Å². The van der Waals surface area contributed by atoms with Gasteiger partial charge in [-0.25, -0.2) is 13.1 Å². The number of amides is 1. The SMILES string of the molecule is CNS(=O)(=O)c1ccc(C(=O)N2CC(CN)CC2C)cc1.Cl. The fraction of sp³-hybridized carbons (Fsp3) is 0.500. The average molecular weight is 348 g/mol. The first-order valence-electron chi connectivity index (χ1n) is 6.93. The number of halogens is 1. The minimum Gasteiger partial charge on any atom is -0.336 e. The summed E-state index contributed by atoms with van der Waals surface area (Å²) in [5.74, 6) is 0.264. The highest BCUT2D eigenvalue weighted by molar-refractivity contribution is 7.89. The molecule has 0 bridgehead atoms. The van der Waals surface area contributed by atoms with Crippen LogP contribution in [0.3, 0.4) is 0 Å². The Labute approximate surface area is 137 Å². The Hall–Kier alpha value is -1.15. The Bertz CT molecular complexity index is 619. The van der Waals surface area contributed by atoms with Crippen LogP contribution >= 0.6 is 12.4 Å². The third-order valence-electron chi connectivity index (χ3n) is 3.94. The standard InChI is InChI=1S/C14H21N3O3S.ClH/c1-10-7-11(8-15)9-17(10)14(18)12-3-5-13(6-4-12)21(19,20)16-2;/h3-6,10-11,16H,7-9,15H2,1-2H3;1H. The summed E-state index contributed by atoms with van der Waals surface area (Å²) in [5.41, 5.74) is 6.16. The molecule has 0 aromatic heterocycles. The minimum absolute atomic E-state index is 0. The molecular formula is C14H22ClN3O3S. The van der Waals surface area contributed by atoms with Crippen molar-refractivity contribution in [2.24, 2.45) is 11.7 Å². The smallest absolute Gasteiger partial charge is 0.254 e. The third-order valence-corrected chi connectivity index (χ3v) is 5.37. The van der Waals surface area contributed by atoms with Crippen LogP contribution in [0.25, 0.3) is 0 Å². The largest absolute Gasteiger partial charge is 0.336 e. The first kappa shape index (κ1) is 18.9. The van der Waals surface area contributed by atoms with Crippen molar-refractivity contribution in [1.29, 1.82) is 0 Å². The second kappa shape index (κ2) is 7.41. The lowest BCUT2D eigenvalue weighted by molar-refractivity contribution is 0.0743. The average Bonchev–Trinajstić information content (AvgIpc) is 2.87. The van der Waals surface area contributed by atoms with Crippen molar-refractivity contribution in [2.75, 3.05) is 20.1 Å². The quantitative estimate of drug-likeness (QED) is 0.843. The van der Waals surface area contributed by atoms with E-state index in [1.54, 1.807) is 17.0 Å². The molecule has 0 spiro atoms. The van der Waals surface area contributed by atoms with Gasteiger partial charge < -0.3 is 10.6 Å². The molecular weight excluding hydrogens is 326 g/mol. The number of carbonyl (C=O) groups excluding carboxylic acids is 1. The first-order valence-corrected chi connectivity index (χ1v) is 8.42. The maximum atomic E-state index is 12.5. The van der Waals surface area contributed by atoms with Crippen LogP contribution in [0.5, 0.6) is 0 Å². The van der Waals surface area contributed by atoms with E-state index in [1.807, 2.05) is 6.92 Å². The van der Waals surface area contributed by atoms with E-state index in [9.17, 15) is 13.2 Å². The lowest BCUT2D eigenvalue weighted by Gasteiger charge is -2.21. The van der Waals surface area contributed by atoms with E-state index in [2.05, 4.69) is 4.72 Å². The summed E-state index contributed by atoms with van der Waals surface area (Å²) in [6.45, 7) is 3.24. The molecule has 0 radical (unpaired) electrons. The molecule has 124 valence electrons. The highest BCUT2D eigenvalue weighted by Gasteiger charge is 2.32. The molecule has 8 heteroatoms. The van der Waals surface area contributed by atoms with Crippen molar-refractivity contribution in [2.45, 2.75) is 24.3 Å². The van der Waals surface area contributed by atoms with E-state index in [0.717, 1.165) is 6.42 Å². The number of sulfonamides is 1. The van der Waals surface area contributed by atoms with E-state index in [-0.39, 0.29) is 29.3 Å².